The van der Waals surface area contributed by atoms with E-state index in [0.717, 1.165) is 12.1 Å². The van der Waals surface area contributed by atoms with Gasteiger partial charge in [0.05, 0.1) is 6.54 Å². The molecule has 0 bridgehead atoms. The fourth-order valence-electron chi connectivity index (χ4n) is 2.26. The lowest BCUT2D eigenvalue weighted by atomic mass is 10.1. The molecule has 2 amide bonds. The van der Waals surface area contributed by atoms with E-state index in [0.29, 0.717) is 5.56 Å². The third-order valence-electron chi connectivity index (χ3n) is 3.78. The van der Waals surface area contributed by atoms with Crippen molar-refractivity contribution in [1.82, 2.24) is 5.06 Å². The zero-order valence-electron chi connectivity index (χ0n) is 15.8. The van der Waals surface area contributed by atoms with E-state index in [4.69, 9.17) is 21.6 Å². The molecule has 0 heterocycles. The summed E-state index contributed by atoms with van der Waals surface area (Å²) in [7, 11) is 0. The number of rotatable bonds is 7. The van der Waals surface area contributed by atoms with Gasteiger partial charge in [0.1, 0.15) is 18.2 Å². The van der Waals surface area contributed by atoms with E-state index in [9.17, 15) is 27.6 Å². The number of amidine groups is 1. The molecule has 0 aliphatic carbocycles. The lowest BCUT2D eigenvalue weighted by Gasteiger charge is -2.22. The van der Waals surface area contributed by atoms with Gasteiger partial charge in [0, 0.05) is 16.7 Å². The third-order valence-corrected chi connectivity index (χ3v) is 3.78. The van der Waals surface area contributed by atoms with Gasteiger partial charge in [0.2, 0.25) is 5.91 Å². The highest BCUT2D eigenvalue weighted by atomic mass is 19.4. The molecular weight excluding hydrogens is 421 g/mol. The van der Waals surface area contributed by atoms with Crippen LogP contribution in [-0.4, -0.2) is 48.0 Å². The zero-order valence-corrected chi connectivity index (χ0v) is 15.8. The smallest absolute Gasteiger partial charge is 0.492 e. The molecule has 0 saturated heterocycles. The Morgan fingerprint density at radius 3 is 2.13 bits per heavy atom. The van der Waals surface area contributed by atoms with Crippen LogP contribution in [-0.2, 0) is 9.63 Å². The number of nitrogen functional groups attached to an aromatic ring is 1. The normalized spacial score (nSPS) is 10.8. The number of halogens is 3. The lowest BCUT2D eigenvalue weighted by molar-refractivity contribution is -0.229. The maximum Gasteiger partial charge on any atom is 0.493 e. The van der Waals surface area contributed by atoms with Gasteiger partial charge in [-0.1, -0.05) is 12.1 Å². The first-order valence-corrected chi connectivity index (χ1v) is 8.57. The maximum absolute atomic E-state index is 12.6. The Morgan fingerprint density at radius 1 is 0.968 bits per heavy atom. The Labute approximate surface area is 173 Å². The second kappa shape index (κ2) is 9.61. The van der Waals surface area contributed by atoms with Crippen LogP contribution < -0.4 is 16.2 Å². The number of alkyl halides is 3. The second-order valence-corrected chi connectivity index (χ2v) is 6.02. The molecule has 0 aliphatic heterocycles. The van der Waals surface area contributed by atoms with Crippen LogP contribution in [0.4, 0.5) is 13.2 Å². The summed E-state index contributed by atoms with van der Waals surface area (Å²) >= 11 is 0. The molecule has 0 unspecified atom stereocenters. The van der Waals surface area contributed by atoms with E-state index in [1.165, 1.54) is 24.3 Å². The molecule has 0 spiro atoms. The fraction of sp³-hybridized carbons (Fsp3) is 0.158. The highest BCUT2D eigenvalue weighted by Gasteiger charge is 2.43. The minimum atomic E-state index is -5.33. The SMILES string of the molecule is N=C(N)c1cccc(OCCN(OC(=O)C(F)(F)F)C(=O)c2ccc(C(N)=O)cc2)c1. The molecule has 31 heavy (non-hydrogen) atoms. The molecule has 2 aromatic carbocycles. The number of carbonyl (C=O) groups is 3. The summed E-state index contributed by atoms with van der Waals surface area (Å²) in [5.41, 5.74) is 10.7. The standard InChI is InChI=1S/C19H17F3N4O5/c20-19(21,22)18(29)31-26(17(28)12-6-4-11(5-7-12)16(25)27)8-9-30-14-3-1-2-13(10-14)15(23)24/h1-7,10H,8-9H2,(H3,23,24)(H2,25,27). The number of benzene rings is 2. The van der Waals surface area contributed by atoms with Crippen molar-refractivity contribution in [3.05, 3.63) is 65.2 Å². The Balaban J connectivity index is 2.15. The van der Waals surface area contributed by atoms with Crippen molar-refractivity contribution in [2.45, 2.75) is 6.18 Å². The summed E-state index contributed by atoms with van der Waals surface area (Å²) in [6, 6.07) is 10.7. The average Bonchev–Trinajstić information content (AvgIpc) is 2.72. The number of primary amides is 1. The topological polar surface area (TPSA) is 149 Å². The van der Waals surface area contributed by atoms with Crippen molar-refractivity contribution >= 4 is 23.6 Å². The fourth-order valence-corrected chi connectivity index (χ4v) is 2.26. The molecule has 0 aliphatic rings. The molecule has 12 heteroatoms. The molecule has 0 aromatic heterocycles. The molecule has 0 radical (unpaired) electrons. The van der Waals surface area contributed by atoms with Crippen LogP contribution in [0.1, 0.15) is 26.3 Å². The summed E-state index contributed by atoms with van der Waals surface area (Å²) < 4.78 is 43.1. The second-order valence-electron chi connectivity index (χ2n) is 6.02. The van der Waals surface area contributed by atoms with Crippen LogP contribution in [0.5, 0.6) is 5.75 Å². The Kier molecular flexibility index (Phi) is 7.19. The quantitative estimate of drug-likeness (QED) is 0.340. The Hall–Kier alpha value is -4.09. The van der Waals surface area contributed by atoms with Gasteiger partial charge in [0.25, 0.3) is 5.91 Å². The highest BCUT2D eigenvalue weighted by molar-refractivity contribution is 5.97. The van der Waals surface area contributed by atoms with Gasteiger partial charge >= 0.3 is 12.1 Å². The summed E-state index contributed by atoms with van der Waals surface area (Å²) in [5, 5.41) is 7.58. The van der Waals surface area contributed by atoms with Crippen LogP contribution in [0.15, 0.2) is 48.5 Å². The molecule has 0 fully saturated rings. The number of hydroxylamine groups is 2. The summed E-state index contributed by atoms with van der Waals surface area (Å²) in [6.45, 7) is -0.903. The molecule has 2 rings (SSSR count). The maximum atomic E-state index is 12.6. The van der Waals surface area contributed by atoms with E-state index in [1.807, 2.05) is 0 Å². The van der Waals surface area contributed by atoms with E-state index in [-0.39, 0.29) is 34.4 Å². The van der Waals surface area contributed by atoms with Gasteiger partial charge < -0.3 is 21.0 Å². The minimum absolute atomic E-state index is 0.0732. The van der Waals surface area contributed by atoms with Crippen molar-refractivity contribution < 1.29 is 37.1 Å². The van der Waals surface area contributed by atoms with Gasteiger partial charge in [-0.3, -0.25) is 15.0 Å². The van der Waals surface area contributed by atoms with E-state index in [1.54, 1.807) is 12.1 Å². The third kappa shape index (κ3) is 6.45. The number of nitrogens with two attached hydrogens (primary N) is 2. The van der Waals surface area contributed by atoms with Gasteiger partial charge in [0.15, 0.2) is 0 Å². The zero-order chi connectivity index (χ0) is 23.2. The monoisotopic (exact) mass is 438 g/mol. The van der Waals surface area contributed by atoms with Gasteiger partial charge in [-0.2, -0.15) is 18.2 Å². The van der Waals surface area contributed by atoms with E-state index >= 15 is 0 Å². The molecule has 0 atom stereocenters. The van der Waals surface area contributed by atoms with Gasteiger partial charge in [-0.15, -0.1) is 0 Å². The first-order chi connectivity index (χ1) is 14.5. The minimum Gasteiger partial charge on any atom is -0.492 e. The predicted molar refractivity (Wildman–Crippen MR) is 101 cm³/mol. The van der Waals surface area contributed by atoms with Crippen LogP contribution in [0.25, 0.3) is 0 Å². The van der Waals surface area contributed by atoms with Crippen LogP contribution in [0.2, 0.25) is 0 Å². The molecule has 164 valence electrons. The number of nitrogens with zero attached hydrogens (tertiary/aromatic N) is 1. The van der Waals surface area contributed by atoms with Crippen molar-refractivity contribution in [3.8, 4) is 5.75 Å². The van der Waals surface area contributed by atoms with Crippen LogP contribution in [0, 0.1) is 5.41 Å². The number of ether oxygens (including phenoxy) is 1. The Bertz CT molecular complexity index is 993. The molecule has 9 nitrogen and oxygen atoms in total. The predicted octanol–water partition coefficient (Wildman–Crippen LogP) is 1.61. The van der Waals surface area contributed by atoms with E-state index < -0.39 is 30.5 Å². The van der Waals surface area contributed by atoms with Crippen molar-refractivity contribution in [2.75, 3.05) is 13.2 Å². The van der Waals surface area contributed by atoms with Crippen LogP contribution >= 0.6 is 0 Å². The summed E-state index contributed by atoms with van der Waals surface area (Å²) in [6.07, 6.45) is -5.33. The molecule has 0 saturated carbocycles. The van der Waals surface area contributed by atoms with Gasteiger partial charge in [-0.05, 0) is 36.4 Å². The lowest BCUT2D eigenvalue weighted by Crippen LogP contribution is -2.40. The number of hydrogen-bond donors (Lipinski definition) is 3. The molecular formula is C19H17F3N4O5. The number of carbonyl (C=O) groups excluding carboxylic acids is 3. The molecule has 5 N–H and O–H groups in total. The van der Waals surface area contributed by atoms with Crippen molar-refractivity contribution in [1.29, 1.82) is 5.41 Å². The largest absolute Gasteiger partial charge is 0.493 e. The average molecular weight is 438 g/mol. The summed E-state index contributed by atoms with van der Waals surface area (Å²) in [5.74, 6) is -4.42. The van der Waals surface area contributed by atoms with Gasteiger partial charge in [-0.25, -0.2) is 4.79 Å². The molecule has 2 aromatic rings. The first-order valence-electron chi connectivity index (χ1n) is 8.57. The number of nitrogens with one attached hydrogen (secondary N) is 1. The Morgan fingerprint density at radius 2 is 1.58 bits per heavy atom. The summed E-state index contributed by atoms with van der Waals surface area (Å²) in [4.78, 5) is 39.1. The highest BCUT2D eigenvalue weighted by Crippen LogP contribution is 2.19. The van der Waals surface area contributed by atoms with Crippen LogP contribution in [0.3, 0.4) is 0 Å². The van der Waals surface area contributed by atoms with Crippen molar-refractivity contribution in [3.63, 3.8) is 0 Å². The number of hydrogen-bond acceptors (Lipinski definition) is 6. The van der Waals surface area contributed by atoms with E-state index in [2.05, 4.69) is 4.84 Å². The van der Waals surface area contributed by atoms with Crippen molar-refractivity contribution in [2.24, 2.45) is 11.5 Å². The number of amides is 2. The first kappa shape index (κ1) is 23.2.